The van der Waals surface area contributed by atoms with Crippen molar-refractivity contribution in [1.82, 2.24) is 30.0 Å². The lowest BCUT2D eigenvalue weighted by molar-refractivity contribution is 0.0910. The van der Waals surface area contributed by atoms with Crippen LogP contribution in [0.15, 0.2) is 67.1 Å². The molecule has 0 bridgehead atoms. The lowest BCUT2D eigenvalue weighted by atomic mass is 9.86. The standard InChI is InChI=1S/C30H31FN6O/c1-29(2,3)21-10-7-18(8-11-21)28(38)36-30(4,5)23-12-9-19(15-24(23)31)22-13-14-32-27-25(22)34-26(35-27)20-16-33-37(6)17-20/h7-17H,1-6H3,(H,36,38)(H,32,34,35). The number of amides is 1. The number of nitrogens with one attached hydrogen (secondary N) is 2. The molecule has 0 spiro atoms. The van der Waals surface area contributed by atoms with Crippen LogP contribution >= 0.6 is 0 Å². The summed E-state index contributed by atoms with van der Waals surface area (Å²) in [5, 5.41) is 7.18. The molecule has 3 aromatic heterocycles. The van der Waals surface area contributed by atoms with Gasteiger partial charge in [0.1, 0.15) is 17.2 Å². The fourth-order valence-corrected chi connectivity index (χ4v) is 4.56. The van der Waals surface area contributed by atoms with Gasteiger partial charge in [-0.15, -0.1) is 0 Å². The molecule has 0 saturated carbocycles. The Bertz CT molecular complexity index is 1640. The third-order valence-corrected chi connectivity index (χ3v) is 6.76. The number of carbonyl (C=O) groups excluding carboxylic acids is 1. The predicted molar refractivity (Wildman–Crippen MR) is 147 cm³/mol. The number of pyridine rings is 1. The third-order valence-electron chi connectivity index (χ3n) is 6.76. The zero-order valence-corrected chi connectivity index (χ0v) is 22.4. The van der Waals surface area contributed by atoms with E-state index in [9.17, 15) is 4.79 Å². The van der Waals surface area contributed by atoms with Crippen molar-refractivity contribution >= 4 is 17.1 Å². The Morgan fingerprint density at radius 3 is 2.37 bits per heavy atom. The summed E-state index contributed by atoms with van der Waals surface area (Å²) in [4.78, 5) is 25.3. The molecular weight excluding hydrogens is 479 g/mol. The normalized spacial score (nSPS) is 12.2. The second-order valence-electron chi connectivity index (χ2n) is 11.1. The average molecular weight is 511 g/mol. The summed E-state index contributed by atoms with van der Waals surface area (Å²) in [5.74, 6) is -0.0254. The maximum atomic E-state index is 15.5. The highest BCUT2D eigenvalue weighted by atomic mass is 19.1. The number of carbonyl (C=O) groups is 1. The Labute approximate surface area is 221 Å². The van der Waals surface area contributed by atoms with Gasteiger partial charge in [0.2, 0.25) is 0 Å². The monoisotopic (exact) mass is 510 g/mol. The first-order valence-electron chi connectivity index (χ1n) is 12.5. The molecule has 2 aromatic carbocycles. The number of aromatic nitrogens is 5. The quantitative estimate of drug-likeness (QED) is 0.298. The van der Waals surface area contributed by atoms with E-state index in [0.29, 0.717) is 33.7 Å². The van der Waals surface area contributed by atoms with Gasteiger partial charge in [0.25, 0.3) is 5.91 Å². The fourth-order valence-electron chi connectivity index (χ4n) is 4.56. The number of H-pyrrole nitrogens is 1. The molecule has 7 nitrogen and oxygen atoms in total. The van der Waals surface area contributed by atoms with Gasteiger partial charge in [-0.3, -0.25) is 9.48 Å². The highest BCUT2D eigenvalue weighted by molar-refractivity contribution is 5.95. The number of halogens is 1. The molecular formula is C30H31FN6O. The number of imidazole rings is 1. The zero-order valence-electron chi connectivity index (χ0n) is 22.4. The van der Waals surface area contributed by atoms with Crippen molar-refractivity contribution in [2.45, 2.75) is 45.6 Å². The van der Waals surface area contributed by atoms with Crippen LogP contribution in [0, 0.1) is 5.82 Å². The minimum absolute atomic E-state index is 0.00418. The molecule has 0 aliphatic heterocycles. The minimum atomic E-state index is -0.935. The van der Waals surface area contributed by atoms with Gasteiger partial charge in [-0.05, 0) is 54.7 Å². The lowest BCUT2D eigenvalue weighted by Crippen LogP contribution is -2.41. The maximum Gasteiger partial charge on any atom is 0.251 e. The van der Waals surface area contributed by atoms with Crippen molar-refractivity contribution in [1.29, 1.82) is 0 Å². The van der Waals surface area contributed by atoms with E-state index < -0.39 is 11.4 Å². The maximum absolute atomic E-state index is 15.5. The largest absolute Gasteiger partial charge is 0.343 e. The number of rotatable bonds is 5. The number of aromatic amines is 1. The van der Waals surface area contributed by atoms with Gasteiger partial charge in [0.15, 0.2) is 5.65 Å². The summed E-state index contributed by atoms with van der Waals surface area (Å²) < 4.78 is 17.2. The van der Waals surface area contributed by atoms with Crippen LogP contribution in [0.2, 0.25) is 0 Å². The highest BCUT2D eigenvalue weighted by Crippen LogP contribution is 2.32. The predicted octanol–water partition coefficient (Wildman–Crippen LogP) is 6.13. The zero-order chi connectivity index (χ0) is 27.2. The van der Waals surface area contributed by atoms with E-state index in [1.807, 2.05) is 49.6 Å². The SMILES string of the molecule is Cn1cc(-c2nc3c(-c4ccc(C(C)(C)NC(=O)c5ccc(C(C)(C)C)cc5)c(F)c4)ccnc3[nH]2)cn1. The van der Waals surface area contributed by atoms with Crippen molar-refractivity contribution in [3.05, 3.63) is 89.6 Å². The Hall–Kier alpha value is -4.33. The van der Waals surface area contributed by atoms with Crippen molar-refractivity contribution in [2.24, 2.45) is 7.05 Å². The molecule has 5 rings (SSSR count). The first-order chi connectivity index (χ1) is 17.9. The van der Waals surface area contributed by atoms with E-state index in [4.69, 9.17) is 4.98 Å². The molecule has 5 aromatic rings. The van der Waals surface area contributed by atoms with E-state index in [2.05, 4.69) is 41.2 Å². The molecule has 2 N–H and O–H groups in total. The van der Waals surface area contributed by atoms with Crippen LogP contribution < -0.4 is 5.32 Å². The number of aryl methyl sites for hydroxylation is 1. The molecule has 8 heteroatoms. The van der Waals surface area contributed by atoms with Gasteiger partial charge >= 0.3 is 0 Å². The minimum Gasteiger partial charge on any atom is -0.343 e. The van der Waals surface area contributed by atoms with E-state index in [1.165, 1.54) is 6.07 Å². The molecule has 1 amide bonds. The van der Waals surface area contributed by atoms with E-state index in [0.717, 1.165) is 16.7 Å². The van der Waals surface area contributed by atoms with E-state index in [1.54, 1.807) is 37.0 Å². The van der Waals surface area contributed by atoms with Gasteiger partial charge in [0.05, 0.1) is 17.3 Å². The van der Waals surface area contributed by atoms with Crippen molar-refractivity contribution in [2.75, 3.05) is 0 Å². The molecule has 38 heavy (non-hydrogen) atoms. The van der Waals surface area contributed by atoms with E-state index >= 15 is 4.39 Å². The van der Waals surface area contributed by atoms with Crippen LogP contribution in [0.4, 0.5) is 4.39 Å². The van der Waals surface area contributed by atoms with Gasteiger partial charge < -0.3 is 10.3 Å². The number of hydrogen-bond acceptors (Lipinski definition) is 4. The number of benzene rings is 2. The lowest BCUT2D eigenvalue weighted by Gasteiger charge is -2.28. The first-order valence-corrected chi connectivity index (χ1v) is 12.5. The topological polar surface area (TPSA) is 88.5 Å². The van der Waals surface area contributed by atoms with Gasteiger partial charge in [0, 0.05) is 36.1 Å². The molecule has 0 atom stereocenters. The second kappa shape index (κ2) is 9.20. The number of fused-ring (bicyclic) bond motifs is 1. The average Bonchev–Trinajstić information content (AvgIpc) is 3.49. The van der Waals surface area contributed by atoms with Crippen LogP contribution in [-0.2, 0) is 18.0 Å². The second-order valence-corrected chi connectivity index (χ2v) is 11.1. The summed E-state index contributed by atoms with van der Waals surface area (Å²) in [5.41, 5.74) is 4.64. The molecule has 194 valence electrons. The van der Waals surface area contributed by atoms with Crippen molar-refractivity contribution in [3.63, 3.8) is 0 Å². The Morgan fingerprint density at radius 2 is 1.74 bits per heavy atom. The van der Waals surface area contributed by atoms with Crippen LogP contribution in [-0.4, -0.2) is 30.6 Å². The summed E-state index contributed by atoms with van der Waals surface area (Å²) >= 11 is 0. The van der Waals surface area contributed by atoms with Crippen LogP contribution in [0.5, 0.6) is 0 Å². The van der Waals surface area contributed by atoms with Gasteiger partial charge in [-0.25, -0.2) is 14.4 Å². The van der Waals surface area contributed by atoms with Gasteiger partial charge in [-0.2, -0.15) is 5.10 Å². The smallest absolute Gasteiger partial charge is 0.251 e. The summed E-state index contributed by atoms with van der Waals surface area (Å²) in [7, 11) is 1.84. The summed E-state index contributed by atoms with van der Waals surface area (Å²) in [6, 6.07) is 14.4. The Balaban J connectivity index is 1.41. The number of hydrogen-bond donors (Lipinski definition) is 2. The van der Waals surface area contributed by atoms with Crippen LogP contribution in [0.25, 0.3) is 33.7 Å². The first kappa shape index (κ1) is 25.3. The molecule has 0 saturated heterocycles. The highest BCUT2D eigenvalue weighted by Gasteiger charge is 2.27. The number of nitrogens with zero attached hydrogens (tertiary/aromatic N) is 4. The van der Waals surface area contributed by atoms with Crippen molar-refractivity contribution < 1.29 is 9.18 Å². The van der Waals surface area contributed by atoms with Gasteiger partial charge in [-0.1, -0.05) is 45.0 Å². The molecule has 0 radical (unpaired) electrons. The van der Waals surface area contributed by atoms with Crippen LogP contribution in [0.1, 0.15) is 56.1 Å². The summed E-state index contributed by atoms with van der Waals surface area (Å²) in [6.07, 6.45) is 5.26. The Kier molecular flexibility index (Phi) is 6.13. The van der Waals surface area contributed by atoms with E-state index in [-0.39, 0.29) is 11.3 Å². The van der Waals surface area contributed by atoms with Crippen LogP contribution in [0.3, 0.4) is 0 Å². The molecule has 3 heterocycles. The summed E-state index contributed by atoms with van der Waals surface area (Å²) in [6.45, 7) is 9.97. The van der Waals surface area contributed by atoms with Crippen molar-refractivity contribution in [3.8, 4) is 22.5 Å². The molecule has 0 unspecified atom stereocenters. The Morgan fingerprint density at radius 1 is 1.00 bits per heavy atom. The third kappa shape index (κ3) is 4.81. The molecule has 0 aliphatic rings. The molecule has 0 fully saturated rings. The fraction of sp³-hybridized carbons (Fsp3) is 0.267. The molecule has 0 aliphatic carbocycles.